The molecular formula is C14H12F6N4O2S2. The lowest BCUT2D eigenvalue weighted by Crippen LogP contribution is -2.37. The zero-order valence-corrected chi connectivity index (χ0v) is 15.5. The standard InChI is InChI=1S/C14H12F6N4O2S2/c1-7(10(25)21-6-13(15,16)17)27-12-24-23-11(28-12)22-8-2-4-9(5-3-8)26-14(18,19)20/h2-5,7H,6H2,1H3,(H,21,25)(H,22,23). The van der Waals surface area contributed by atoms with Gasteiger partial charge in [0, 0.05) is 5.69 Å². The van der Waals surface area contributed by atoms with Gasteiger partial charge in [-0.2, -0.15) is 13.2 Å². The Bertz CT molecular complexity index is 794. The first-order valence-corrected chi connectivity index (χ1v) is 9.08. The fourth-order valence-electron chi connectivity index (χ4n) is 1.71. The lowest BCUT2D eigenvalue weighted by molar-refractivity contribution is -0.274. The number of thioether (sulfide) groups is 1. The molecule has 154 valence electrons. The van der Waals surface area contributed by atoms with Gasteiger partial charge in [-0.15, -0.1) is 23.4 Å². The van der Waals surface area contributed by atoms with Crippen LogP contribution in [0, 0.1) is 0 Å². The highest BCUT2D eigenvalue weighted by molar-refractivity contribution is 8.02. The van der Waals surface area contributed by atoms with Crippen LogP contribution < -0.4 is 15.4 Å². The number of carbonyl (C=O) groups is 1. The van der Waals surface area contributed by atoms with Crippen molar-refractivity contribution in [1.82, 2.24) is 15.5 Å². The first-order chi connectivity index (χ1) is 12.9. The first kappa shape index (κ1) is 22.1. The summed E-state index contributed by atoms with van der Waals surface area (Å²) in [5.74, 6) is -1.18. The second-order valence-electron chi connectivity index (χ2n) is 5.16. The Balaban J connectivity index is 1.89. The van der Waals surface area contributed by atoms with E-state index < -0.39 is 30.2 Å². The molecule has 0 bridgehead atoms. The van der Waals surface area contributed by atoms with Gasteiger partial charge in [-0.3, -0.25) is 4.79 Å². The maximum absolute atomic E-state index is 12.1. The Hall–Kier alpha value is -2.22. The third-order valence-corrected chi connectivity index (χ3v) is 4.88. The van der Waals surface area contributed by atoms with Crippen molar-refractivity contribution in [3.63, 3.8) is 0 Å². The largest absolute Gasteiger partial charge is 0.573 e. The van der Waals surface area contributed by atoms with Gasteiger partial charge in [-0.25, -0.2) is 0 Å². The molecule has 0 radical (unpaired) electrons. The van der Waals surface area contributed by atoms with E-state index >= 15 is 0 Å². The molecule has 1 aromatic carbocycles. The highest BCUT2D eigenvalue weighted by atomic mass is 32.2. The molecule has 14 heteroatoms. The first-order valence-electron chi connectivity index (χ1n) is 7.39. The molecule has 28 heavy (non-hydrogen) atoms. The van der Waals surface area contributed by atoms with E-state index in [1.54, 1.807) is 5.32 Å². The van der Waals surface area contributed by atoms with Gasteiger partial charge in [0.2, 0.25) is 11.0 Å². The molecule has 1 amide bonds. The van der Waals surface area contributed by atoms with E-state index in [1.807, 2.05) is 0 Å². The van der Waals surface area contributed by atoms with Gasteiger partial charge < -0.3 is 15.4 Å². The number of hydrogen-bond acceptors (Lipinski definition) is 7. The van der Waals surface area contributed by atoms with Crippen molar-refractivity contribution in [3.05, 3.63) is 24.3 Å². The van der Waals surface area contributed by atoms with Crippen molar-refractivity contribution in [2.75, 3.05) is 11.9 Å². The third kappa shape index (κ3) is 7.80. The second-order valence-corrected chi connectivity index (χ2v) is 7.73. The normalized spacial score (nSPS) is 13.1. The number of aromatic nitrogens is 2. The predicted octanol–water partition coefficient (Wildman–Crippen LogP) is 4.34. The van der Waals surface area contributed by atoms with Crippen LogP contribution in [0.25, 0.3) is 0 Å². The number of halogens is 6. The van der Waals surface area contributed by atoms with Crippen LogP contribution >= 0.6 is 23.1 Å². The van der Waals surface area contributed by atoms with Crippen LogP contribution in [-0.4, -0.2) is 40.4 Å². The lowest BCUT2D eigenvalue weighted by atomic mass is 10.3. The SMILES string of the molecule is CC(Sc1nnc(Nc2ccc(OC(F)(F)F)cc2)s1)C(=O)NCC(F)(F)F. The van der Waals surface area contributed by atoms with E-state index in [1.165, 1.54) is 19.1 Å². The molecule has 2 rings (SSSR count). The second kappa shape index (κ2) is 8.86. The monoisotopic (exact) mass is 446 g/mol. The molecule has 0 aliphatic carbocycles. The van der Waals surface area contributed by atoms with Crippen molar-refractivity contribution in [2.24, 2.45) is 0 Å². The van der Waals surface area contributed by atoms with Crippen molar-refractivity contribution in [1.29, 1.82) is 0 Å². The number of nitrogens with zero attached hydrogens (tertiary/aromatic N) is 2. The fourth-order valence-corrected chi connectivity index (χ4v) is 3.65. The Morgan fingerprint density at radius 1 is 1.18 bits per heavy atom. The zero-order chi connectivity index (χ0) is 20.9. The Morgan fingerprint density at radius 3 is 2.39 bits per heavy atom. The Kier molecular flexibility index (Phi) is 6.98. The van der Waals surface area contributed by atoms with Gasteiger partial charge in [0.05, 0.1) is 5.25 Å². The molecule has 0 aliphatic rings. The van der Waals surface area contributed by atoms with Gasteiger partial charge in [0.15, 0.2) is 4.34 Å². The van der Waals surface area contributed by atoms with Gasteiger partial charge in [0.1, 0.15) is 12.3 Å². The average molecular weight is 446 g/mol. The number of ether oxygens (including phenoxy) is 1. The molecule has 6 nitrogen and oxygen atoms in total. The van der Waals surface area contributed by atoms with Crippen LogP contribution in [0.2, 0.25) is 0 Å². The maximum atomic E-state index is 12.1. The minimum Gasteiger partial charge on any atom is -0.406 e. The van der Waals surface area contributed by atoms with Gasteiger partial charge in [-0.05, 0) is 31.2 Å². The van der Waals surface area contributed by atoms with Crippen molar-refractivity contribution in [3.8, 4) is 5.75 Å². The molecule has 2 N–H and O–H groups in total. The molecule has 0 saturated carbocycles. The number of amides is 1. The van der Waals surface area contributed by atoms with E-state index in [0.29, 0.717) is 10.0 Å². The number of carbonyl (C=O) groups excluding carboxylic acids is 1. The number of anilines is 2. The van der Waals surface area contributed by atoms with E-state index in [0.717, 1.165) is 35.2 Å². The zero-order valence-electron chi connectivity index (χ0n) is 13.9. The van der Waals surface area contributed by atoms with Gasteiger partial charge >= 0.3 is 12.5 Å². The molecule has 1 aromatic heterocycles. The minimum absolute atomic E-state index is 0.287. The number of rotatable bonds is 7. The molecule has 1 heterocycles. The fraction of sp³-hybridized carbons (Fsp3) is 0.357. The van der Waals surface area contributed by atoms with Crippen molar-refractivity contribution < 1.29 is 35.9 Å². The van der Waals surface area contributed by atoms with E-state index in [4.69, 9.17) is 0 Å². The van der Waals surface area contributed by atoms with Crippen LogP contribution in [-0.2, 0) is 4.79 Å². The summed E-state index contributed by atoms with van der Waals surface area (Å²) in [6, 6.07) is 4.89. The van der Waals surface area contributed by atoms with Gasteiger partial charge in [0.25, 0.3) is 0 Å². The summed E-state index contributed by atoms with van der Waals surface area (Å²) in [5.41, 5.74) is 0.415. The third-order valence-electron chi connectivity index (χ3n) is 2.86. The molecule has 2 aromatic rings. The molecule has 1 unspecified atom stereocenters. The maximum Gasteiger partial charge on any atom is 0.573 e. The van der Waals surface area contributed by atoms with E-state index in [-0.39, 0.29) is 10.9 Å². The minimum atomic E-state index is -4.79. The van der Waals surface area contributed by atoms with Crippen LogP contribution in [0.3, 0.4) is 0 Å². The van der Waals surface area contributed by atoms with E-state index in [9.17, 15) is 31.1 Å². The number of alkyl halides is 6. The highest BCUT2D eigenvalue weighted by Gasteiger charge is 2.31. The summed E-state index contributed by atoms with van der Waals surface area (Å²) in [6.07, 6.45) is -9.29. The summed E-state index contributed by atoms with van der Waals surface area (Å²) in [4.78, 5) is 11.6. The summed E-state index contributed by atoms with van der Waals surface area (Å²) < 4.78 is 76.8. The summed E-state index contributed by atoms with van der Waals surface area (Å²) in [7, 11) is 0. The number of benzene rings is 1. The lowest BCUT2D eigenvalue weighted by Gasteiger charge is -2.11. The van der Waals surface area contributed by atoms with Crippen LogP contribution in [0.15, 0.2) is 28.6 Å². The molecule has 0 saturated heterocycles. The highest BCUT2D eigenvalue weighted by Crippen LogP contribution is 2.31. The molecule has 1 atom stereocenters. The summed E-state index contributed by atoms with van der Waals surface area (Å²) in [6.45, 7) is -0.00203. The summed E-state index contributed by atoms with van der Waals surface area (Å²) >= 11 is 1.95. The molecular weight excluding hydrogens is 434 g/mol. The smallest absolute Gasteiger partial charge is 0.406 e. The van der Waals surface area contributed by atoms with Crippen molar-refractivity contribution >= 4 is 39.8 Å². The molecule has 0 spiro atoms. The number of nitrogens with one attached hydrogen (secondary N) is 2. The Labute approximate surface area is 162 Å². The van der Waals surface area contributed by atoms with Gasteiger partial charge in [-0.1, -0.05) is 23.1 Å². The number of hydrogen-bond donors (Lipinski definition) is 2. The average Bonchev–Trinajstić information content (AvgIpc) is 2.99. The quantitative estimate of drug-likeness (QED) is 0.487. The Morgan fingerprint density at radius 2 is 1.82 bits per heavy atom. The van der Waals surface area contributed by atoms with Crippen LogP contribution in [0.1, 0.15) is 6.92 Å². The summed E-state index contributed by atoms with van der Waals surface area (Å²) in [5, 5.41) is 11.6. The molecule has 0 aliphatic heterocycles. The van der Waals surface area contributed by atoms with E-state index in [2.05, 4.69) is 20.3 Å². The topological polar surface area (TPSA) is 76.1 Å². The van der Waals surface area contributed by atoms with Crippen LogP contribution in [0.4, 0.5) is 37.2 Å². The molecule has 0 fully saturated rings. The van der Waals surface area contributed by atoms with Crippen LogP contribution in [0.5, 0.6) is 5.75 Å². The van der Waals surface area contributed by atoms with Crippen molar-refractivity contribution in [2.45, 2.75) is 29.1 Å². The predicted molar refractivity (Wildman–Crippen MR) is 90.7 cm³/mol.